The molecule has 8 nitrogen and oxygen atoms in total. The van der Waals surface area contributed by atoms with Crippen LogP contribution in [0.3, 0.4) is 0 Å². The number of halogens is 1. The van der Waals surface area contributed by atoms with E-state index in [0.29, 0.717) is 23.9 Å². The Balaban J connectivity index is 1.16. The molecule has 37 heavy (non-hydrogen) atoms. The summed E-state index contributed by atoms with van der Waals surface area (Å²) in [5.41, 5.74) is 2.51. The van der Waals surface area contributed by atoms with Gasteiger partial charge in [-0.25, -0.2) is 4.39 Å². The first-order valence-electron chi connectivity index (χ1n) is 13.1. The number of piperidine rings is 1. The highest BCUT2D eigenvalue weighted by atomic mass is 19.1. The number of nitrogens with zero attached hydrogens (tertiary/aromatic N) is 4. The molecule has 0 bridgehead atoms. The van der Waals surface area contributed by atoms with E-state index < -0.39 is 6.04 Å². The van der Waals surface area contributed by atoms with Crippen LogP contribution in [-0.4, -0.2) is 63.2 Å². The Hall–Kier alpha value is -3.59. The van der Waals surface area contributed by atoms with Crippen LogP contribution in [0.5, 0.6) is 0 Å². The number of amides is 2. The number of carbonyl (C=O) groups is 2. The van der Waals surface area contributed by atoms with Gasteiger partial charge in [0.1, 0.15) is 24.5 Å². The van der Waals surface area contributed by atoms with E-state index in [1.807, 2.05) is 29.2 Å². The van der Waals surface area contributed by atoms with Crippen molar-refractivity contribution in [3.05, 3.63) is 78.1 Å². The fraction of sp³-hybridized carbons (Fsp3) is 0.429. The van der Waals surface area contributed by atoms with Gasteiger partial charge in [-0.05, 0) is 87.0 Å². The number of nitrogens with one attached hydrogen (secondary N) is 2. The van der Waals surface area contributed by atoms with Crippen molar-refractivity contribution in [3.8, 4) is 5.69 Å². The Morgan fingerprint density at radius 1 is 0.973 bits per heavy atom. The lowest BCUT2D eigenvalue weighted by Gasteiger charge is -2.31. The number of carbonyl (C=O) groups excluding carboxylic acids is 2. The maximum atomic E-state index is 13.3. The molecular weight excluding hydrogens is 471 g/mol. The third kappa shape index (κ3) is 6.40. The lowest BCUT2D eigenvalue weighted by molar-refractivity contribution is -0.134. The minimum absolute atomic E-state index is 0.00442. The van der Waals surface area contributed by atoms with E-state index in [4.69, 9.17) is 0 Å². The van der Waals surface area contributed by atoms with Crippen molar-refractivity contribution in [1.29, 1.82) is 0 Å². The standard InChI is InChI=1S/C28H33FN6O2/c29-22-10-6-20(7-11-22)24-17-26(24)30-14-4-5-25(28(37)34-15-2-1-3-16-34)33-27(36)21-8-12-23(13-9-21)35-18-31-32-19-35/h6-13,18-19,24-26,30H,1-5,14-17H2,(H,33,36)/t24-,25-,26+/m0/s1. The predicted molar refractivity (Wildman–Crippen MR) is 138 cm³/mol. The highest BCUT2D eigenvalue weighted by Crippen LogP contribution is 2.40. The van der Waals surface area contributed by atoms with Gasteiger partial charge in [-0.15, -0.1) is 10.2 Å². The van der Waals surface area contributed by atoms with Crippen LogP contribution in [0.25, 0.3) is 5.69 Å². The van der Waals surface area contributed by atoms with E-state index in [-0.39, 0.29) is 17.6 Å². The van der Waals surface area contributed by atoms with E-state index in [0.717, 1.165) is 63.0 Å². The second-order valence-electron chi connectivity index (χ2n) is 9.92. The monoisotopic (exact) mass is 504 g/mol. The van der Waals surface area contributed by atoms with Gasteiger partial charge in [-0.1, -0.05) is 12.1 Å². The molecule has 0 unspecified atom stereocenters. The fourth-order valence-corrected chi connectivity index (χ4v) is 5.05. The van der Waals surface area contributed by atoms with Crippen molar-refractivity contribution in [2.45, 2.75) is 56.5 Å². The van der Waals surface area contributed by atoms with E-state index in [1.165, 1.54) is 12.1 Å². The van der Waals surface area contributed by atoms with Gasteiger partial charge in [0.2, 0.25) is 5.91 Å². The summed E-state index contributed by atoms with van der Waals surface area (Å²) >= 11 is 0. The SMILES string of the molecule is O=C(N[C@@H](CCCN[C@@H]1C[C@H]1c1ccc(F)cc1)C(=O)N1CCCCC1)c1ccc(-n2cnnc2)cc1. The molecule has 2 heterocycles. The topological polar surface area (TPSA) is 92.2 Å². The van der Waals surface area contributed by atoms with Crippen LogP contribution in [0.4, 0.5) is 4.39 Å². The van der Waals surface area contributed by atoms with Crippen molar-refractivity contribution in [1.82, 2.24) is 30.3 Å². The van der Waals surface area contributed by atoms with Gasteiger partial charge in [0, 0.05) is 36.3 Å². The van der Waals surface area contributed by atoms with Crippen LogP contribution in [0.1, 0.15) is 60.4 Å². The number of benzene rings is 2. The van der Waals surface area contributed by atoms with Crippen molar-refractivity contribution in [2.75, 3.05) is 19.6 Å². The lowest BCUT2D eigenvalue weighted by Crippen LogP contribution is -2.50. The summed E-state index contributed by atoms with van der Waals surface area (Å²) in [5.74, 6) is -0.0547. The second kappa shape index (κ2) is 11.6. The average molecular weight is 505 g/mol. The van der Waals surface area contributed by atoms with Crippen molar-refractivity contribution < 1.29 is 14.0 Å². The summed E-state index contributed by atoms with van der Waals surface area (Å²) in [4.78, 5) is 28.3. The Labute approximate surface area is 216 Å². The number of hydrogen-bond acceptors (Lipinski definition) is 5. The molecule has 9 heteroatoms. The maximum Gasteiger partial charge on any atom is 0.251 e. The minimum atomic E-state index is -0.558. The molecule has 1 aromatic heterocycles. The van der Waals surface area contributed by atoms with Crippen LogP contribution in [0.15, 0.2) is 61.2 Å². The van der Waals surface area contributed by atoms with Gasteiger partial charge in [0.05, 0.1) is 0 Å². The highest BCUT2D eigenvalue weighted by molar-refractivity contribution is 5.97. The molecule has 3 aromatic rings. The molecule has 1 aliphatic carbocycles. The van der Waals surface area contributed by atoms with Crippen molar-refractivity contribution in [2.24, 2.45) is 0 Å². The molecule has 1 saturated carbocycles. The van der Waals surface area contributed by atoms with E-state index >= 15 is 0 Å². The summed E-state index contributed by atoms with van der Waals surface area (Å²) in [6, 6.07) is 13.7. The number of rotatable bonds is 10. The highest BCUT2D eigenvalue weighted by Gasteiger charge is 2.37. The van der Waals surface area contributed by atoms with Crippen molar-refractivity contribution >= 4 is 11.8 Å². The molecule has 5 rings (SSSR count). The number of hydrogen-bond donors (Lipinski definition) is 2. The summed E-state index contributed by atoms with van der Waals surface area (Å²) < 4.78 is 14.9. The zero-order valence-electron chi connectivity index (χ0n) is 20.9. The Kier molecular flexibility index (Phi) is 7.89. The van der Waals surface area contributed by atoms with Crippen LogP contribution in [-0.2, 0) is 4.79 Å². The van der Waals surface area contributed by atoms with Gasteiger partial charge in [-0.3, -0.25) is 14.2 Å². The van der Waals surface area contributed by atoms with Gasteiger partial charge in [0.15, 0.2) is 0 Å². The second-order valence-corrected chi connectivity index (χ2v) is 9.92. The molecule has 0 spiro atoms. The van der Waals surface area contributed by atoms with Gasteiger partial charge in [-0.2, -0.15) is 0 Å². The molecule has 2 amide bonds. The smallest absolute Gasteiger partial charge is 0.251 e. The van der Waals surface area contributed by atoms with Crippen LogP contribution in [0.2, 0.25) is 0 Å². The van der Waals surface area contributed by atoms with Crippen LogP contribution >= 0.6 is 0 Å². The van der Waals surface area contributed by atoms with Crippen LogP contribution < -0.4 is 10.6 Å². The van der Waals surface area contributed by atoms with Crippen molar-refractivity contribution in [3.63, 3.8) is 0 Å². The molecule has 1 saturated heterocycles. The summed E-state index contributed by atoms with van der Waals surface area (Å²) in [5, 5.41) is 14.2. The van der Waals surface area contributed by atoms with E-state index in [2.05, 4.69) is 20.8 Å². The molecule has 3 atom stereocenters. The normalized spacial score (nSPS) is 19.9. The Bertz CT molecular complexity index is 1180. The molecule has 2 N–H and O–H groups in total. The number of likely N-dealkylation sites (tertiary alicyclic amines) is 1. The third-order valence-corrected chi connectivity index (χ3v) is 7.28. The fourth-order valence-electron chi connectivity index (χ4n) is 5.05. The lowest BCUT2D eigenvalue weighted by atomic mass is 10.1. The van der Waals surface area contributed by atoms with Crippen LogP contribution in [0, 0.1) is 5.82 Å². The van der Waals surface area contributed by atoms with Gasteiger partial charge < -0.3 is 15.5 Å². The third-order valence-electron chi connectivity index (χ3n) is 7.28. The zero-order valence-corrected chi connectivity index (χ0v) is 20.9. The quantitative estimate of drug-likeness (QED) is 0.413. The predicted octanol–water partition coefficient (Wildman–Crippen LogP) is 3.44. The average Bonchev–Trinajstić information content (AvgIpc) is 3.49. The van der Waals surface area contributed by atoms with Gasteiger partial charge >= 0.3 is 0 Å². The zero-order chi connectivity index (χ0) is 25.6. The first-order valence-corrected chi connectivity index (χ1v) is 13.1. The summed E-state index contributed by atoms with van der Waals surface area (Å²) in [6.07, 6.45) is 8.71. The molecule has 0 radical (unpaired) electrons. The summed E-state index contributed by atoms with van der Waals surface area (Å²) in [7, 11) is 0. The molecule has 2 aromatic carbocycles. The molecule has 2 aliphatic rings. The Morgan fingerprint density at radius 3 is 2.38 bits per heavy atom. The molecule has 194 valence electrons. The first-order chi connectivity index (χ1) is 18.1. The molecule has 2 fully saturated rings. The minimum Gasteiger partial charge on any atom is -0.341 e. The molecule has 1 aliphatic heterocycles. The summed E-state index contributed by atoms with van der Waals surface area (Å²) in [6.45, 7) is 2.26. The van der Waals surface area contributed by atoms with Gasteiger partial charge in [0.25, 0.3) is 5.91 Å². The maximum absolute atomic E-state index is 13.3. The largest absolute Gasteiger partial charge is 0.341 e. The Morgan fingerprint density at radius 2 is 1.68 bits per heavy atom. The first kappa shape index (κ1) is 25.1. The molecular formula is C28H33FN6O2. The van der Waals surface area contributed by atoms with E-state index in [9.17, 15) is 14.0 Å². The number of aromatic nitrogens is 3. The van der Waals surface area contributed by atoms with E-state index in [1.54, 1.807) is 29.4 Å².